The van der Waals surface area contributed by atoms with E-state index in [1.165, 1.54) is 17.1 Å². The molecule has 20 heavy (non-hydrogen) atoms. The van der Waals surface area contributed by atoms with Crippen LogP contribution >= 0.6 is 23.1 Å². The maximum absolute atomic E-state index is 12.4. The van der Waals surface area contributed by atoms with E-state index in [1.807, 2.05) is 17.8 Å². The fraction of sp³-hybridized carbons (Fsp3) is 0.688. The van der Waals surface area contributed by atoms with Gasteiger partial charge in [0.15, 0.2) is 5.78 Å². The van der Waals surface area contributed by atoms with Crippen molar-refractivity contribution in [1.29, 1.82) is 0 Å². The summed E-state index contributed by atoms with van der Waals surface area (Å²) in [5.74, 6) is 2.85. The number of Topliss-reactive ketones (excluding diaryl/α,β-unsaturated/α-hetero) is 1. The molecule has 0 spiro atoms. The highest BCUT2D eigenvalue weighted by atomic mass is 32.2. The van der Waals surface area contributed by atoms with Crippen molar-refractivity contribution in [2.75, 3.05) is 25.4 Å². The van der Waals surface area contributed by atoms with Gasteiger partial charge in [-0.1, -0.05) is 20.8 Å². The minimum Gasteiger partial charge on any atom is -0.295 e. The summed E-state index contributed by atoms with van der Waals surface area (Å²) in [5, 5.41) is 0. The second-order valence-corrected chi connectivity index (χ2v) is 8.51. The molecule has 0 aliphatic carbocycles. The van der Waals surface area contributed by atoms with Gasteiger partial charge in [-0.05, 0) is 42.6 Å². The second-order valence-electron chi connectivity index (χ2n) is 6.03. The van der Waals surface area contributed by atoms with Crippen LogP contribution in [0.1, 0.15) is 43.3 Å². The molecule has 0 bridgehead atoms. The third kappa shape index (κ3) is 4.61. The van der Waals surface area contributed by atoms with E-state index in [-0.39, 0.29) is 0 Å². The van der Waals surface area contributed by atoms with E-state index in [0.29, 0.717) is 24.2 Å². The van der Waals surface area contributed by atoms with Gasteiger partial charge in [0.25, 0.3) is 0 Å². The summed E-state index contributed by atoms with van der Waals surface area (Å²) in [6, 6.07) is 4.10. The van der Waals surface area contributed by atoms with Crippen LogP contribution in [0.25, 0.3) is 0 Å². The Morgan fingerprint density at radius 2 is 2.05 bits per heavy atom. The number of likely N-dealkylation sites (tertiary alicyclic amines) is 1. The topological polar surface area (TPSA) is 20.3 Å². The fourth-order valence-electron chi connectivity index (χ4n) is 2.95. The number of piperidine rings is 1. The highest BCUT2D eigenvalue weighted by molar-refractivity contribution is 8.01. The maximum atomic E-state index is 12.4. The van der Waals surface area contributed by atoms with Gasteiger partial charge in [0.1, 0.15) is 0 Å². The van der Waals surface area contributed by atoms with E-state index in [9.17, 15) is 4.79 Å². The SMILES string of the molecule is CCCSc1ccc(C(=O)CN2CC(C)CC(C)C2)s1. The Balaban J connectivity index is 1.89. The molecule has 2 nitrogen and oxygen atoms in total. The lowest BCUT2D eigenvalue weighted by Gasteiger charge is -2.34. The predicted octanol–water partition coefficient (Wildman–Crippen LogP) is 4.41. The Kier molecular flexibility index (Phi) is 6.12. The van der Waals surface area contributed by atoms with E-state index in [2.05, 4.69) is 31.7 Å². The summed E-state index contributed by atoms with van der Waals surface area (Å²) < 4.78 is 1.27. The summed E-state index contributed by atoms with van der Waals surface area (Å²) in [7, 11) is 0. The molecule has 0 radical (unpaired) electrons. The first-order valence-electron chi connectivity index (χ1n) is 7.56. The van der Waals surface area contributed by atoms with E-state index in [1.54, 1.807) is 11.3 Å². The van der Waals surface area contributed by atoms with Crippen molar-refractivity contribution in [2.45, 2.75) is 37.8 Å². The Morgan fingerprint density at radius 3 is 2.70 bits per heavy atom. The molecule has 0 amide bonds. The number of hydrogen-bond acceptors (Lipinski definition) is 4. The molecular formula is C16H25NOS2. The lowest BCUT2D eigenvalue weighted by Crippen LogP contribution is -2.41. The van der Waals surface area contributed by atoms with Crippen LogP contribution in [0.15, 0.2) is 16.3 Å². The van der Waals surface area contributed by atoms with Gasteiger partial charge in [-0.3, -0.25) is 9.69 Å². The zero-order valence-corrected chi connectivity index (χ0v) is 14.4. The van der Waals surface area contributed by atoms with Crippen molar-refractivity contribution in [3.05, 3.63) is 17.0 Å². The molecule has 2 atom stereocenters. The number of nitrogens with zero attached hydrogens (tertiary/aromatic N) is 1. The van der Waals surface area contributed by atoms with Crippen LogP contribution in [-0.4, -0.2) is 36.1 Å². The van der Waals surface area contributed by atoms with Gasteiger partial charge in [-0.2, -0.15) is 0 Å². The van der Waals surface area contributed by atoms with Gasteiger partial charge in [0, 0.05) is 13.1 Å². The van der Waals surface area contributed by atoms with Crippen molar-refractivity contribution in [2.24, 2.45) is 11.8 Å². The van der Waals surface area contributed by atoms with E-state index < -0.39 is 0 Å². The summed E-state index contributed by atoms with van der Waals surface area (Å²) in [6.07, 6.45) is 2.47. The molecule has 0 aromatic carbocycles. The normalized spacial score (nSPS) is 23.9. The van der Waals surface area contributed by atoms with Gasteiger partial charge < -0.3 is 0 Å². The first-order chi connectivity index (χ1) is 9.58. The number of carbonyl (C=O) groups excluding carboxylic acids is 1. The zero-order chi connectivity index (χ0) is 14.5. The Bertz CT molecular complexity index is 433. The van der Waals surface area contributed by atoms with E-state index in [4.69, 9.17) is 0 Å². The van der Waals surface area contributed by atoms with Crippen molar-refractivity contribution >= 4 is 28.9 Å². The summed E-state index contributed by atoms with van der Waals surface area (Å²) in [6.45, 7) is 9.49. The lowest BCUT2D eigenvalue weighted by molar-refractivity contribution is 0.0853. The third-order valence-electron chi connectivity index (χ3n) is 3.62. The minimum atomic E-state index is 0.291. The van der Waals surface area contributed by atoms with Gasteiger partial charge in [0.05, 0.1) is 15.6 Å². The molecule has 2 heterocycles. The molecule has 2 rings (SSSR count). The van der Waals surface area contributed by atoms with Crippen molar-refractivity contribution < 1.29 is 4.79 Å². The summed E-state index contributed by atoms with van der Waals surface area (Å²) >= 11 is 3.52. The first-order valence-corrected chi connectivity index (χ1v) is 9.36. The number of hydrogen-bond donors (Lipinski definition) is 0. The number of rotatable bonds is 6. The fourth-order valence-corrected chi connectivity index (χ4v) is 4.94. The predicted molar refractivity (Wildman–Crippen MR) is 89.0 cm³/mol. The molecule has 1 aliphatic rings. The highest BCUT2D eigenvalue weighted by Crippen LogP contribution is 2.28. The number of thioether (sulfide) groups is 1. The molecule has 1 aliphatic heterocycles. The first kappa shape index (κ1) is 16.1. The quantitative estimate of drug-likeness (QED) is 0.573. The summed E-state index contributed by atoms with van der Waals surface area (Å²) in [4.78, 5) is 15.6. The van der Waals surface area contributed by atoms with E-state index >= 15 is 0 Å². The molecule has 1 saturated heterocycles. The van der Waals surface area contributed by atoms with Crippen LogP contribution in [0, 0.1) is 11.8 Å². The average Bonchev–Trinajstić information content (AvgIpc) is 2.83. The highest BCUT2D eigenvalue weighted by Gasteiger charge is 2.24. The van der Waals surface area contributed by atoms with Crippen LogP contribution < -0.4 is 0 Å². The Hall–Kier alpha value is -0.320. The Morgan fingerprint density at radius 1 is 1.35 bits per heavy atom. The van der Waals surface area contributed by atoms with Crippen molar-refractivity contribution in [1.82, 2.24) is 4.90 Å². The molecule has 4 heteroatoms. The van der Waals surface area contributed by atoms with Crippen LogP contribution in [0.5, 0.6) is 0 Å². The summed E-state index contributed by atoms with van der Waals surface area (Å²) in [5.41, 5.74) is 0. The average molecular weight is 312 g/mol. The lowest BCUT2D eigenvalue weighted by atomic mass is 9.92. The smallest absolute Gasteiger partial charge is 0.186 e. The molecular weight excluding hydrogens is 286 g/mol. The zero-order valence-electron chi connectivity index (χ0n) is 12.7. The van der Waals surface area contributed by atoms with Crippen molar-refractivity contribution in [3.63, 3.8) is 0 Å². The molecule has 2 unspecified atom stereocenters. The van der Waals surface area contributed by atoms with Crippen molar-refractivity contribution in [3.8, 4) is 0 Å². The number of thiophene rings is 1. The number of carbonyl (C=O) groups is 1. The Labute approximate surface area is 130 Å². The van der Waals surface area contributed by atoms with Gasteiger partial charge in [-0.25, -0.2) is 0 Å². The van der Waals surface area contributed by atoms with Crippen LogP contribution in [-0.2, 0) is 0 Å². The van der Waals surface area contributed by atoms with Crippen LogP contribution in [0.3, 0.4) is 0 Å². The third-order valence-corrected chi connectivity index (χ3v) is 6.17. The van der Waals surface area contributed by atoms with Gasteiger partial charge in [0.2, 0.25) is 0 Å². The molecule has 0 saturated carbocycles. The van der Waals surface area contributed by atoms with Crippen LogP contribution in [0.4, 0.5) is 0 Å². The van der Waals surface area contributed by atoms with Gasteiger partial charge in [-0.15, -0.1) is 23.1 Å². The second kappa shape index (κ2) is 7.62. The molecule has 1 fully saturated rings. The number of ketones is 1. The molecule has 1 aromatic heterocycles. The minimum absolute atomic E-state index is 0.291. The standard InChI is InChI=1S/C16H25NOS2/c1-4-7-19-16-6-5-15(20-16)14(18)11-17-9-12(2)8-13(3)10-17/h5-6,12-13H,4,7-11H2,1-3H3. The molecule has 0 N–H and O–H groups in total. The monoisotopic (exact) mass is 311 g/mol. The van der Waals surface area contributed by atoms with Gasteiger partial charge >= 0.3 is 0 Å². The molecule has 112 valence electrons. The largest absolute Gasteiger partial charge is 0.295 e. The maximum Gasteiger partial charge on any atom is 0.186 e. The van der Waals surface area contributed by atoms with E-state index in [0.717, 1.165) is 23.7 Å². The molecule has 1 aromatic rings. The van der Waals surface area contributed by atoms with Crippen LogP contribution in [0.2, 0.25) is 0 Å².